The summed E-state index contributed by atoms with van der Waals surface area (Å²) < 4.78 is 5.62. The summed E-state index contributed by atoms with van der Waals surface area (Å²) in [6.07, 6.45) is 1.87. The fraction of sp³-hybridized carbons (Fsp3) is 0.0252. The van der Waals surface area contributed by atoms with E-state index in [2.05, 4.69) is 453 Å². The first kappa shape index (κ1) is 71.9. The first-order chi connectivity index (χ1) is 61.4. The van der Waals surface area contributed by atoms with Crippen LogP contribution in [0.15, 0.2) is 437 Å². The molecule has 0 saturated carbocycles. The van der Waals surface area contributed by atoms with Gasteiger partial charge in [-0.2, -0.15) is 0 Å². The van der Waals surface area contributed by atoms with Crippen LogP contribution in [0.5, 0.6) is 0 Å². The number of rotatable bonds is 9. The molecule has 19 aromatic carbocycles. The van der Waals surface area contributed by atoms with Crippen molar-refractivity contribution >= 4 is 106 Å². The fourth-order valence-electron chi connectivity index (χ4n) is 22.3. The van der Waals surface area contributed by atoms with E-state index in [1.54, 1.807) is 0 Å². The van der Waals surface area contributed by atoms with Crippen molar-refractivity contribution in [3.63, 3.8) is 0 Å². The van der Waals surface area contributed by atoms with Gasteiger partial charge in [0.25, 0.3) is 0 Å². The molecular formula is C119H77N3SSe. The average molecular weight is 1660 g/mol. The van der Waals surface area contributed by atoms with Crippen LogP contribution in [0, 0.1) is 0 Å². The van der Waals surface area contributed by atoms with Gasteiger partial charge in [0.15, 0.2) is 0 Å². The third-order valence-corrected chi connectivity index (χ3v) is 30.8. The number of benzene rings is 19. The summed E-state index contributed by atoms with van der Waals surface area (Å²) in [6, 6.07) is 159. The van der Waals surface area contributed by atoms with Crippen molar-refractivity contribution in [3.05, 3.63) is 510 Å². The first-order valence-electron chi connectivity index (χ1n) is 42.8. The van der Waals surface area contributed by atoms with Crippen LogP contribution in [-0.4, -0.2) is 14.5 Å². The molecule has 580 valence electrons. The van der Waals surface area contributed by atoms with Gasteiger partial charge in [-0.1, -0.05) is 274 Å². The van der Waals surface area contributed by atoms with E-state index in [1.165, 1.54) is 195 Å². The zero-order valence-corrected chi connectivity index (χ0v) is 70.1. The molecule has 6 aliphatic carbocycles. The quantitative estimate of drug-likeness (QED) is 0.126. The predicted molar refractivity (Wildman–Crippen MR) is 523 cm³/mol. The predicted octanol–water partition coefficient (Wildman–Crippen LogP) is 31.0. The Morgan fingerprint density at radius 2 is 0.548 bits per heavy atom. The Hall–Kier alpha value is -14.9. The molecule has 0 fully saturated rings. The van der Waals surface area contributed by atoms with Gasteiger partial charge in [-0.15, -0.1) is 11.3 Å². The van der Waals surface area contributed by atoms with E-state index < -0.39 is 0 Å². The minimum atomic E-state index is -0.351. The first-order valence-corrected chi connectivity index (χ1v) is 45.3. The van der Waals surface area contributed by atoms with Crippen LogP contribution in [0.25, 0.3) is 135 Å². The van der Waals surface area contributed by atoms with Crippen molar-refractivity contribution in [3.8, 4) is 89.0 Å². The van der Waals surface area contributed by atoms with Crippen LogP contribution in [0.4, 0.5) is 34.1 Å². The molecule has 0 bridgehead atoms. The van der Waals surface area contributed by atoms with E-state index in [0.717, 1.165) is 39.7 Å². The molecule has 3 N–H and O–H groups in total. The number of anilines is 6. The molecule has 21 aromatic rings. The second-order valence-electron chi connectivity index (χ2n) is 33.3. The maximum absolute atomic E-state index is 3.90. The Morgan fingerprint density at radius 3 is 1.02 bits per heavy atom. The summed E-state index contributed by atoms with van der Waals surface area (Å²) in [5, 5.41) is 16.9. The van der Waals surface area contributed by atoms with Gasteiger partial charge in [0.2, 0.25) is 0 Å². The average Bonchev–Trinajstić information content (AvgIpc) is 1.52. The summed E-state index contributed by atoms with van der Waals surface area (Å²) in [7, 11) is 0. The topological polar surface area (TPSA) is 36.1 Å². The molecule has 0 atom stereocenters. The summed E-state index contributed by atoms with van der Waals surface area (Å²) in [4.78, 5) is 0. The molecule has 0 amide bonds. The van der Waals surface area contributed by atoms with Crippen LogP contribution >= 0.6 is 11.3 Å². The van der Waals surface area contributed by atoms with E-state index in [0.29, 0.717) is 14.5 Å². The molecule has 0 saturated heterocycles. The van der Waals surface area contributed by atoms with Gasteiger partial charge < -0.3 is 10.6 Å². The van der Waals surface area contributed by atoms with Gasteiger partial charge in [-0.25, -0.2) is 0 Å². The van der Waals surface area contributed by atoms with Gasteiger partial charge in [-0.05, 0) is 154 Å². The standard InChI is InChI=1S/C49H31NS.C37H23NSe.C33H23N/c1-5-23-41-36(17-1)37-18-2-6-24-42(37)49(41)43-25-7-3-20-40(43)47-44(49)26-12-27-45(47)50-34-16-10-14-32(30-34)31-13-9-15-33(29-31)35-21-11-22-39-38-19-4-8-28-46(38)51-48(35)39;1-5-14-29-24(10-1)25-11-2-6-15-30(25)37(29)31-16-7-3-13-27(31)36-32(37)17-9-18-33(36)38-23-20-21-35-28(22-23)26-12-4-8-19-34(26)39-35;1-2-22-18-20-23(21-19-22)34-31-17-9-16-30-32(31)26-12-5-8-15-29(26)33(30)27-13-6-3-10-24(27)25-11-4-7-14-28(25)33/h1-30,50H;1-22,38H;2-21,34H,1H2. The van der Waals surface area contributed by atoms with Gasteiger partial charge in [0.1, 0.15) is 0 Å². The summed E-state index contributed by atoms with van der Waals surface area (Å²) in [5.41, 5.74) is 43.9. The monoisotopic (exact) mass is 1660 g/mol. The Labute approximate surface area is 730 Å². The molecule has 0 unspecified atom stereocenters. The molecule has 2 aromatic heterocycles. The number of thiophene rings is 1. The Bertz CT molecular complexity index is 7890. The van der Waals surface area contributed by atoms with Crippen LogP contribution in [0.1, 0.15) is 72.3 Å². The molecule has 6 aliphatic rings. The van der Waals surface area contributed by atoms with Crippen LogP contribution in [-0.2, 0) is 16.2 Å². The third-order valence-electron chi connectivity index (χ3n) is 27.2. The molecule has 2 heterocycles. The Kier molecular flexibility index (Phi) is 16.4. The molecule has 27 rings (SSSR count). The van der Waals surface area contributed by atoms with Crippen LogP contribution in [0.3, 0.4) is 0 Å². The van der Waals surface area contributed by atoms with E-state index in [-0.39, 0.29) is 16.2 Å². The van der Waals surface area contributed by atoms with E-state index in [4.69, 9.17) is 0 Å². The number of fused-ring (bicyclic) bond motifs is 36. The normalized spacial score (nSPS) is 13.5. The van der Waals surface area contributed by atoms with Crippen molar-refractivity contribution in [1.29, 1.82) is 0 Å². The third kappa shape index (κ3) is 10.5. The second kappa shape index (κ2) is 28.3. The summed E-state index contributed by atoms with van der Waals surface area (Å²) in [5.74, 6) is 0. The van der Waals surface area contributed by atoms with Crippen molar-refractivity contribution in [2.24, 2.45) is 0 Å². The van der Waals surface area contributed by atoms with Crippen LogP contribution in [0.2, 0.25) is 0 Å². The molecule has 124 heavy (non-hydrogen) atoms. The van der Waals surface area contributed by atoms with Crippen LogP contribution < -0.4 is 16.0 Å². The van der Waals surface area contributed by atoms with Crippen molar-refractivity contribution in [2.75, 3.05) is 16.0 Å². The Morgan fingerprint density at radius 1 is 0.226 bits per heavy atom. The van der Waals surface area contributed by atoms with Gasteiger partial charge >= 0.3 is 222 Å². The molecule has 0 radical (unpaired) electrons. The molecule has 5 heteroatoms. The minimum absolute atomic E-state index is 0.302. The molecular weight excluding hydrogens is 1580 g/mol. The fourth-order valence-corrected chi connectivity index (χ4v) is 25.9. The van der Waals surface area contributed by atoms with Gasteiger partial charge in [0, 0.05) is 54.0 Å². The van der Waals surface area contributed by atoms with Crippen molar-refractivity contribution in [1.82, 2.24) is 0 Å². The second-order valence-corrected chi connectivity index (χ2v) is 36.6. The van der Waals surface area contributed by atoms with Gasteiger partial charge in [0.05, 0.1) is 10.8 Å². The zero-order chi connectivity index (χ0) is 81.8. The maximum atomic E-state index is 3.90. The Balaban J connectivity index is 0.000000104. The SMILES string of the molecule is C=Cc1ccc(Nc2cccc3c2-c2ccccc2C32c3ccccc3-c3ccccc32)cc1.c1cc(Nc2cccc3c2-c2ccccc2C32c3ccccc3-c3ccccc32)cc(-c2cccc(-c3cccc4c3sc3ccccc34)c2)c1.c1ccc2c(c1)-c1ccccc1C21c2ccccc2-c2c(Nc3ccc4[se]c5ccccc5c4c3)cccc21. The van der Waals surface area contributed by atoms with E-state index in [1.807, 2.05) is 17.4 Å². The van der Waals surface area contributed by atoms with Crippen molar-refractivity contribution in [2.45, 2.75) is 16.2 Å². The summed E-state index contributed by atoms with van der Waals surface area (Å²) in [6.45, 7) is 3.87. The molecule has 0 aliphatic heterocycles. The molecule has 3 nitrogen and oxygen atoms in total. The number of nitrogens with one attached hydrogen (secondary N) is 3. The summed E-state index contributed by atoms with van der Waals surface area (Å²) >= 11 is 2.26. The van der Waals surface area contributed by atoms with Gasteiger partial charge in [-0.3, -0.25) is 0 Å². The van der Waals surface area contributed by atoms with Crippen molar-refractivity contribution < 1.29 is 0 Å². The number of hydrogen-bond acceptors (Lipinski definition) is 4. The zero-order valence-electron chi connectivity index (χ0n) is 67.6. The van der Waals surface area contributed by atoms with E-state index in [9.17, 15) is 0 Å². The van der Waals surface area contributed by atoms with E-state index >= 15 is 0 Å². The molecule has 3 spiro atoms. The number of hydrogen-bond donors (Lipinski definition) is 3.